The van der Waals surface area contributed by atoms with Crippen LogP contribution < -0.4 is 16.3 Å². The van der Waals surface area contributed by atoms with Crippen molar-refractivity contribution in [2.45, 2.75) is 6.92 Å². The molecule has 0 heterocycles. The fourth-order valence-corrected chi connectivity index (χ4v) is 5.70. The minimum atomic E-state index is 0.415. The topological polar surface area (TPSA) is 98.2 Å². The number of benzene rings is 5. The molecule has 0 fully saturated rings. The molecular weight excluding hydrogens is 576 g/mol. The van der Waals surface area contributed by atoms with Crippen LogP contribution in [0.15, 0.2) is 144 Å². The summed E-state index contributed by atoms with van der Waals surface area (Å²) in [4.78, 5) is 0. The third-order valence-electron chi connectivity index (χ3n) is 8.24. The van der Waals surface area contributed by atoms with E-state index >= 15 is 0 Å². The smallest absolute Gasteiger partial charge is 0.225 e. The van der Waals surface area contributed by atoms with Gasteiger partial charge in [-0.2, -0.15) is 10.2 Å². The highest BCUT2D eigenvalue weighted by Crippen LogP contribution is 2.27. The summed E-state index contributed by atoms with van der Waals surface area (Å²) in [5, 5.41) is 23.9. The van der Waals surface area contributed by atoms with Crippen molar-refractivity contribution in [2.24, 2.45) is 10.2 Å². The standard InChI is InChI=1S/C41H32N6/c1-2-5-27-8-23-37-33(26-27)17-24-38(42)41(37)47-45-35-21-15-31(16-22-35)29-11-9-28(10-12-29)30-13-19-34(20-14-30)44-46-39-25-18-32-6-3-4-7-36(32)40(39)43/h2-26,42-45H,1H3/p+1/b5-2+,42-38?,43-40?,46-39-,47-41-. The number of allylic oxidation sites excluding steroid dienone is 3. The summed E-state index contributed by atoms with van der Waals surface area (Å²) in [6.45, 7) is 2.01. The fourth-order valence-electron chi connectivity index (χ4n) is 5.70. The third kappa shape index (κ3) is 6.26. The molecule has 6 heteroatoms. The summed E-state index contributed by atoms with van der Waals surface area (Å²) < 4.78 is 0. The quantitative estimate of drug-likeness (QED) is 0.141. The molecule has 5 N–H and O–H groups in total. The van der Waals surface area contributed by atoms with Gasteiger partial charge in [0.05, 0.1) is 17.1 Å². The van der Waals surface area contributed by atoms with Gasteiger partial charge in [0.25, 0.3) is 0 Å². The molecule has 226 valence electrons. The number of hydrogen-bond acceptors (Lipinski definition) is 5. The van der Waals surface area contributed by atoms with Crippen molar-refractivity contribution >= 4 is 52.4 Å². The molecule has 0 atom stereocenters. The Morgan fingerprint density at radius 3 is 1.81 bits per heavy atom. The van der Waals surface area contributed by atoms with Crippen molar-refractivity contribution in [2.75, 3.05) is 10.9 Å². The number of hydrazone groups is 2. The van der Waals surface area contributed by atoms with Gasteiger partial charge in [-0.25, -0.2) is 0 Å². The highest BCUT2D eigenvalue weighted by Gasteiger charge is 2.20. The highest BCUT2D eigenvalue weighted by atomic mass is 15.3. The molecule has 7 rings (SSSR count). The summed E-state index contributed by atoms with van der Waals surface area (Å²) in [7, 11) is 0. The first-order valence-corrected chi connectivity index (χ1v) is 15.5. The Morgan fingerprint density at radius 2 is 1.17 bits per heavy atom. The Kier molecular flexibility index (Phi) is 8.05. The molecule has 2 aliphatic rings. The molecule has 0 aromatic heterocycles. The van der Waals surface area contributed by atoms with Gasteiger partial charge in [-0.05, 0) is 88.4 Å². The lowest BCUT2D eigenvalue weighted by Crippen LogP contribution is -2.45. The number of nitrogens with two attached hydrogens (primary N) is 1. The van der Waals surface area contributed by atoms with E-state index in [-0.39, 0.29) is 0 Å². The van der Waals surface area contributed by atoms with E-state index in [0.29, 0.717) is 17.1 Å². The van der Waals surface area contributed by atoms with Crippen LogP contribution >= 0.6 is 0 Å². The first kappa shape index (κ1) is 29.3. The van der Waals surface area contributed by atoms with E-state index in [0.717, 1.165) is 67.2 Å². The second-order valence-electron chi connectivity index (χ2n) is 11.3. The van der Waals surface area contributed by atoms with Gasteiger partial charge >= 0.3 is 0 Å². The van der Waals surface area contributed by atoms with E-state index < -0.39 is 0 Å². The summed E-state index contributed by atoms with van der Waals surface area (Å²) in [5.74, 6) is 0. The molecule has 47 heavy (non-hydrogen) atoms. The first-order chi connectivity index (χ1) is 23.1. The van der Waals surface area contributed by atoms with Gasteiger partial charge in [-0.15, -0.1) is 0 Å². The van der Waals surface area contributed by atoms with Crippen molar-refractivity contribution in [3.05, 3.63) is 161 Å². The second kappa shape index (κ2) is 12.9. The molecule has 6 nitrogen and oxygen atoms in total. The number of nitrogens with zero attached hydrogens (tertiary/aromatic N) is 2. The molecule has 0 saturated heterocycles. The number of anilines is 2. The number of nitrogens with one attached hydrogen (secondary N) is 3. The van der Waals surface area contributed by atoms with E-state index in [1.807, 2.05) is 85.8 Å². The maximum absolute atomic E-state index is 8.49. The van der Waals surface area contributed by atoms with Crippen LogP contribution in [0.1, 0.15) is 34.7 Å². The average molecular weight is 610 g/mol. The second-order valence-corrected chi connectivity index (χ2v) is 11.3. The third-order valence-corrected chi connectivity index (χ3v) is 8.24. The highest BCUT2D eigenvalue weighted by molar-refractivity contribution is 6.53. The Morgan fingerprint density at radius 1 is 0.596 bits per heavy atom. The zero-order valence-electron chi connectivity index (χ0n) is 25.9. The summed E-state index contributed by atoms with van der Waals surface area (Å²) in [5.41, 5.74) is 20.1. The first-order valence-electron chi connectivity index (χ1n) is 15.5. The van der Waals surface area contributed by atoms with Crippen LogP contribution in [0.5, 0.6) is 0 Å². The van der Waals surface area contributed by atoms with Gasteiger partial charge in [-0.1, -0.05) is 103 Å². The van der Waals surface area contributed by atoms with Gasteiger partial charge in [0.1, 0.15) is 5.71 Å². The summed E-state index contributed by atoms with van der Waals surface area (Å²) in [6.07, 6.45) is 11.9. The molecule has 2 aliphatic carbocycles. The molecule has 0 radical (unpaired) electrons. The molecule has 0 saturated carbocycles. The number of hydrogen-bond donors (Lipinski definition) is 4. The predicted molar refractivity (Wildman–Crippen MR) is 198 cm³/mol. The van der Waals surface area contributed by atoms with Crippen LogP contribution in [0.4, 0.5) is 11.4 Å². The minimum absolute atomic E-state index is 0.415. The maximum Gasteiger partial charge on any atom is 0.225 e. The van der Waals surface area contributed by atoms with E-state index in [1.165, 1.54) is 0 Å². The SMILES string of the molecule is C/C=C/c1ccc2c(c1)C=CC(=[NH2+])/C2=N\Nc1ccc(-c2ccc(-c3ccc(N/N=C4/C=Cc5ccccc5C4=N)cc3)cc2)cc1. The molecule has 5 aromatic rings. The van der Waals surface area contributed by atoms with Crippen LogP contribution in [-0.2, 0) is 0 Å². The van der Waals surface area contributed by atoms with Crippen LogP contribution in [0, 0.1) is 5.41 Å². The molecular formula is C41H33N6+. The van der Waals surface area contributed by atoms with Gasteiger partial charge in [-0.3, -0.25) is 21.7 Å². The molecule has 0 amide bonds. The minimum Gasteiger partial charge on any atom is -0.298 e. The van der Waals surface area contributed by atoms with Crippen LogP contribution in [0.25, 0.3) is 40.5 Å². The van der Waals surface area contributed by atoms with Crippen LogP contribution in [-0.4, -0.2) is 22.8 Å². The molecule has 0 bridgehead atoms. The van der Waals surface area contributed by atoms with Crippen LogP contribution in [0.3, 0.4) is 0 Å². The van der Waals surface area contributed by atoms with Crippen molar-refractivity contribution in [3.8, 4) is 22.3 Å². The van der Waals surface area contributed by atoms with Crippen molar-refractivity contribution in [1.29, 1.82) is 5.41 Å². The summed E-state index contributed by atoms with van der Waals surface area (Å²) >= 11 is 0. The van der Waals surface area contributed by atoms with E-state index in [2.05, 4.69) is 93.9 Å². The van der Waals surface area contributed by atoms with E-state index in [9.17, 15) is 0 Å². The zero-order valence-corrected chi connectivity index (χ0v) is 25.9. The van der Waals surface area contributed by atoms with Gasteiger partial charge in [0.2, 0.25) is 5.71 Å². The lowest BCUT2D eigenvalue weighted by atomic mass is 9.92. The molecule has 0 aliphatic heterocycles. The number of fused-ring (bicyclic) bond motifs is 2. The van der Waals surface area contributed by atoms with Crippen molar-refractivity contribution < 1.29 is 5.41 Å². The predicted octanol–water partition coefficient (Wildman–Crippen LogP) is 7.96. The van der Waals surface area contributed by atoms with Gasteiger partial charge in [0, 0.05) is 17.2 Å². The molecule has 5 aromatic carbocycles. The Bertz CT molecular complexity index is 2150. The Balaban J connectivity index is 0.992. The normalized spacial score (nSPS) is 15.3. The van der Waals surface area contributed by atoms with Gasteiger partial charge < -0.3 is 0 Å². The van der Waals surface area contributed by atoms with Crippen molar-refractivity contribution in [1.82, 2.24) is 0 Å². The van der Waals surface area contributed by atoms with Gasteiger partial charge in [0.15, 0.2) is 5.71 Å². The summed E-state index contributed by atoms with van der Waals surface area (Å²) in [6, 6.07) is 39.1. The van der Waals surface area contributed by atoms with Crippen molar-refractivity contribution in [3.63, 3.8) is 0 Å². The average Bonchev–Trinajstić information content (AvgIpc) is 3.12. The molecule has 0 unspecified atom stereocenters. The largest absolute Gasteiger partial charge is 0.298 e. The van der Waals surface area contributed by atoms with Crippen LogP contribution in [0.2, 0.25) is 0 Å². The molecule has 0 spiro atoms. The zero-order chi connectivity index (χ0) is 32.2. The Labute approximate surface area is 274 Å². The Hall–Kier alpha value is -6.40. The number of rotatable bonds is 7. The maximum atomic E-state index is 8.49. The lowest BCUT2D eigenvalue weighted by molar-refractivity contribution is -0.108. The van der Waals surface area contributed by atoms with E-state index in [4.69, 9.17) is 10.8 Å². The fraction of sp³-hybridized carbons (Fsp3) is 0.0244. The van der Waals surface area contributed by atoms with E-state index in [1.54, 1.807) is 0 Å². The lowest BCUT2D eigenvalue weighted by Gasteiger charge is -2.13. The monoisotopic (exact) mass is 609 g/mol.